The summed E-state index contributed by atoms with van der Waals surface area (Å²) in [6.07, 6.45) is 1.91. The number of rotatable bonds is 4. The number of hydrogen-bond donors (Lipinski definition) is 1. The molecule has 0 bridgehead atoms. The summed E-state index contributed by atoms with van der Waals surface area (Å²) in [6.45, 7) is 4.23. The van der Waals surface area contributed by atoms with Crippen LogP contribution in [0.15, 0.2) is 58.3 Å². The summed E-state index contributed by atoms with van der Waals surface area (Å²) in [7, 11) is 0. The van der Waals surface area contributed by atoms with E-state index < -0.39 is 0 Å². The number of nitrogens with one attached hydrogen (secondary N) is 1. The highest BCUT2D eigenvalue weighted by atomic mass is 32.2. The number of hydrogen-bond acceptors (Lipinski definition) is 4. The summed E-state index contributed by atoms with van der Waals surface area (Å²) in [5.41, 5.74) is 5.82. The zero-order valence-electron chi connectivity index (χ0n) is 13.5. The number of para-hydroxylation sites is 1. The lowest BCUT2D eigenvalue weighted by molar-refractivity contribution is 0.466. The highest BCUT2D eigenvalue weighted by Gasteiger charge is 2.13. The second-order valence-corrected chi connectivity index (χ2v) is 6.83. The smallest absolute Gasteiger partial charge is 0.277 e. The number of aromatic nitrogens is 3. The SMILES string of the molecule is Cc1cc(C)cc(CSc2nnc(-c3c[nH]c4ccccc34)o2)c1. The minimum absolute atomic E-state index is 0.551. The average molecular weight is 335 g/mol. The van der Waals surface area contributed by atoms with Crippen molar-refractivity contribution < 1.29 is 4.42 Å². The zero-order chi connectivity index (χ0) is 16.5. The molecular weight excluding hydrogens is 318 g/mol. The Bertz CT molecular complexity index is 982. The van der Waals surface area contributed by atoms with Crippen molar-refractivity contribution in [3.63, 3.8) is 0 Å². The standard InChI is InChI=1S/C19H17N3OS/c1-12-7-13(2)9-14(8-12)11-24-19-22-21-18(23-19)16-10-20-17-6-4-3-5-15(16)17/h3-10,20H,11H2,1-2H3. The quantitative estimate of drug-likeness (QED) is 0.525. The van der Waals surface area contributed by atoms with Crippen LogP contribution in [0.2, 0.25) is 0 Å². The molecule has 0 aliphatic rings. The molecular formula is C19H17N3OS. The Morgan fingerprint density at radius 1 is 1.04 bits per heavy atom. The number of fused-ring (bicyclic) bond motifs is 1. The molecule has 0 spiro atoms. The van der Waals surface area contributed by atoms with Gasteiger partial charge in [-0.1, -0.05) is 59.3 Å². The first-order chi connectivity index (χ1) is 11.7. The molecule has 0 saturated heterocycles. The van der Waals surface area contributed by atoms with Crippen LogP contribution >= 0.6 is 11.8 Å². The predicted molar refractivity (Wildman–Crippen MR) is 97.1 cm³/mol. The lowest BCUT2D eigenvalue weighted by Crippen LogP contribution is -1.85. The van der Waals surface area contributed by atoms with E-state index in [2.05, 4.69) is 47.2 Å². The molecule has 4 nitrogen and oxygen atoms in total. The van der Waals surface area contributed by atoms with E-state index in [-0.39, 0.29) is 0 Å². The fourth-order valence-corrected chi connectivity index (χ4v) is 3.62. The first kappa shape index (κ1) is 15.0. The number of H-pyrrole nitrogens is 1. The highest BCUT2D eigenvalue weighted by Crippen LogP contribution is 2.30. The van der Waals surface area contributed by atoms with Crippen LogP contribution in [0.4, 0.5) is 0 Å². The molecule has 24 heavy (non-hydrogen) atoms. The van der Waals surface area contributed by atoms with Crippen molar-refractivity contribution in [2.24, 2.45) is 0 Å². The van der Waals surface area contributed by atoms with E-state index in [9.17, 15) is 0 Å². The largest absolute Gasteiger partial charge is 0.411 e. The van der Waals surface area contributed by atoms with Gasteiger partial charge in [-0.15, -0.1) is 10.2 Å². The number of nitrogens with zero attached hydrogens (tertiary/aromatic N) is 2. The number of aryl methyl sites for hydroxylation is 2. The predicted octanol–water partition coefficient (Wildman–Crippen LogP) is 5.13. The molecule has 2 heterocycles. The van der Waals surface area contributed by atoms with Crippen molar-refractivity contribution in [3.8, 4) is 11.5 Å². The van der Waals surface area contributed by atoms with Gasteiger partial charge < -0.3 is 9.40 Å². The van der Waals surface area contributed by atoms with E-state index in [1.807, 2.05) is 30.5 Å². The Morgan fingerprint density at radius 2 is 1.83 bits per heavy atom. The van der Waals surface area contributed by atoms with E-state index in [0.29, 0.717) is 11.1 Å². The van der Waals surface area contributed by atoms with Crippen LogP contribution in [0.5, 0.6) is 0 Å². The number of thioether (sulfide) groups is 1. The van der Waals surface area contributed by atoms with Crippen LogP contribution in [-0.2, 0) is 5.75 Å². The maximum Gasteiger partial charge on any atom is 0.277 e. The molecule has 4 rings (SSSR count). The van der Waals surface area contributed by atoms with Crippen LogP contribution in [0.1, 0.15) is 16.7 Å². The van der Waals surface area contributed by atoms with Gasteiger partial charge in [0.2, 0.25) is 0 Å². The molecule has 5 heteroatoms. The molecule has 0 unspecified atom stereocenters. The second-order valence-electron chi connectivity index (χ2n) is 5.91. The molecule has 0 aliphatic heterocycles. The minimum Gasteiger partial charge on any atom is -0.411 e. The summed E-state index contributed by atoms with van der Waals surface area (Å²) >= 11 is 1.56. The minimum atomic E-state index is 0.551. The summed E-state index contributed by atoms with van der Waals surface area (Å²) in [5.74, 6) is 1.37. The van der Waals surface area contributed by atoms with Gasteiger partial charge in [-0.3, -0.25) is 0 Å². The van der Waals surface area contributed by atoms with Gasteiger partial charge in [0.25, 0.3) is 11.1 Å². The normalized spacial score (nSPS) is 11.2. The summed E-state index contributed by atoms with van der Waals surface area (Å²) < 4.78 is 5.84. The number of benzene rings is 2. The molecule has 120 valence electrons. The van der Waals surface area contributed by atoms with Crippen LogP contribution in [0.25, 0.3) is 22.4 Å². The van der Waals surface area contributed by atoms with Crippen LogP contribution < -0.4 is 0 Å². The van der Waals surface area contributed by atoms with Crippen molar-refractivity contribution >= 4 is 22.7 Å². The fourth-order valence-electron chi connectivity index (χ4n) is 2.92. The molecule has 0 atom stereocenters. The topological polar surface area (TPSA) is 54.7 Å². The molecule has 4 aromatic rings. The number of aromatic amines is 1. The van der Waals surface area contributed by atoms with Crippen molar-refractivity contribution in [1.29, 1.82) is 0 Å². The van der Waals surface area contributed by atoms with Gasteiger partial charge in [-0.05, 0) is 25.5 Å². The molecule has 0 aliphatic carbocycles. The van der Waals surface area contributed by atoms with E-state index in [1.165, 1.54) is 16.7 Å². The van der Waals surface area contributed by atoms with E-state index in [1.54, 1.807) is 11.8 Å². The fraction of sp³-hybridized carbons (Fsp3) is 0.158. The Hall–Kier alpha value is -2.53. The Labute approximate surface area is 144 Å². The molecule has 2 aromatic carbocycles. The van der Waals surface area contributed by atoms with E-state index in [4.69, 9.17) is 4.42 Å². The van der Waals surface area contributed by atoms with Gasteiger partial charge in [-0.25, -0.2) is 0 Å². The molecule has 2 aromatic heterocycles. The van der Waals surface area contributed by atoms with E-state index >= 15 is 0 Å². The molecule has 0 saturated carbocycles. The van der Waals surface area contributed by atoms with Crippen molar-refractivity contribution in [1.82, 2.24) is 15.2 Å². The average Bonchev–Trinajstić information content (AvgIpc) is 3.18. The lowest BCUT2D eigenvalue weighted by Gasteiger charge is -2.02. The summed E-state index contributed by atoms with van der Waals surface area (Å²) in [6, 6.07) is 14.6. The first-order valence-electron chi connectivity index (χ1n) is 7.79. The monoisotopic (exact) mass is 335 g/mol. The summed E-state index contributed by atoms with van der Waals surface area (Å²) in [4.78, 5) is 3.23. The highest BCUT2D eigenvalue weighted by molar-refractivity contribution is 7.98. The van der Waals surface area contributed by atoms with Crippen molar-refractivity contribution in [3.05, 3.63) is 65.4 Å². The first-order valence-corrected chi connectivity index (χ1v) is 8.77. The van der Waals surface area contributed by atoms with Crippen LogP contribution in [-0.4, -0.2) is 15.2 Å². The third-order valence-electron chi connectivity index (χ3n) is 3.87. The third-order valence-corrected chi connectivity index (χ3v) is 4.76. The molecule has 0 amide bonds. The zero-order valence-corrected chi connectivity index (χ0v) is 14.4. The Kier molecular flexibility index (Phi) is 3.86. The third kappa shape index (κ3) is 2.95. The van der Waals surface area contributed by atoms with Crippen molar-refractivity contribution in [2.45, 2.75) is 24.8 Å². The Balaban J connectivity index is 1.54. The maximum absolute atomic E-state index is 5.84. The van der Waals surface area contributed by atoms with E-state index in [0.717, 1.165) is 22.2 Å². The molecule has 0 fully saturated rings. The van der Waals surface area contributed by atoms with Gasteiger partial charge in [-0.2, -0.15) is 0 Å². The molecule has 1 N–H and O–H groups in total. The second kappa shape index (κ2) is 6.17. The Morgan fingerprint density at radius 3 is 2.67 bits per heavy atom. The van der Waals surface area contributed by atoms with Gasteiger partial charge in [0, 0.05) is 22.9 Å². The van der Waals surface area contributed by atoms with Gasteiger partial charge >= 0.3 is 0 Å². The summed E-state index contributed by atoms with van der Waals surface area (Å²) in [5, 5.41) is 10.1. The maximum atomic E-state index is 5.84. The van der Waals surface area contributed by atoms with Crippen LogP contribution in [0.3, 0.4) is 0 Å². The molecule has 0 radical (unpaired) electrons. The lowest BCUT2D eigenvalue weighted by atomic mass is 10.1. The van der Waals surface area contributed by atoms with Gasteiger partial charge in [0.1, 0.15) is 0 Å². The van der Waals surface area contributed by atoms with Gasteiger partial charge in [0.05, 0.1) is 5.56 Å². The van der Waals surface area contributed by atoms with Gasteiger partial charge in [0.15, 0.2) is 0 Å². The van der Waals surface area contributed by atoms with Crippen LogP contribution in [0, 0.1) is 13.8 Å². The van der Waals surface area contributed by atoms with Crippen molar-refractivity contribution in [2.75, 3.05) is 0 Å².